The van der Waals surface area contributed by atoms with Crippen molar-refractivity contribution < 1.29 is 23.5 Å². The summed E-state index contributed by atoms with van der Waals surface area (Å²) in [6.07, 6.45) is 0.201. The van der Waals surface area contributed by atoms with Crippen molar-refractivity contribution in [1.29, 1.82) is 0 Å². The Bertz CT molecular complexity index is 1030. The summed E-state index contributed by atoms with van der Waals surface area (Å²) in [5.74, 6) is -0.826. The molecule has 3 rings (SSSR count). The molecule has 2 aromatic heterocycles. The van der Waals surface area contributed by atoms with Crippen LogP contribution in [0.5, 0.6) is 0 Å². The van der Waals surface area contributed by atoms with E-state index in [9.17, 15) is 14.4 Å². The van der Waals surface area contributed by atoms with Crippen LogP contribution in [0, 0.1) is 13.8 Å². The molecule has 1 atom stereocenters. The van der Waals surface area contributed by atoms with E-state index in [1.54, 1.807) is 38.1 Å². The Morgan fingerprint density at radius 2 is 1.82 bits per heavy atom. The van der Waals surface area contributed by atoms with Crippen LogP contribution in [0.4, 0.5) is 0 Å². The average Bonchev–Trinajstić information content (AvgIpc) is 3.29. The lowest BCUT2D eigenvalue weighted by Crippen LogP contribution is -2.25. The number of ketones is 2. The third-order valence-electron chi connectivity index (χ3n) is 4.42. The van der Waals surface area contributed by atoms with Crippen molar-refractivity contribution in [1.82, 2.24) is 15.2 Å². The summed E-state index contributed by atoms with van der Waals surface area (Å²) in [5, 5.41) is 7.39. The van der Waals surface area contributed by atoms with E-state index in [1.807, 2.05) is 0 Å². The first-order valence-corrected chi connectivity index (χ1v) is 8.61. The number of rotatable bonds is 6. The highest BCUT2D eigenvalue weighted by atomic mass is 16.5. The van der Waals surface area contributed by atoms with Crippen LogP contribution in [0.3, 0.4) is 0 Å². The molecule has 0 aliphatic carbocycles. The number of aromatic amines is 1. The van der Waals surface area contributed by atoms with Gasteiger partial charge < -0.3 is 14.1 Å². The maximum absolute atomic E-state index is 12.7. The topological polar surface area (TPSA) is 115 Å². The zero-order valence-corrected chi connectivity index (χ0v) is 15.9. The summed E-state index contributed by atoms with van der Waals surface area (Å²) in [6, 6.07) is 6.40. The molecule has 2 heterocycles. The van der Waals surface area contributed by atoms with Crippen LogP contribution in [0.25, 0.3) is 11.5 Å². The second-order valence-electron chi connectivity index (χ2n) is 6.41. The minimum atomic E-state index is -1.01. The fourth-order valence-corrected chi connectivity index (χ4v) is 3.06. The average molecular weight is 381 g/mol. The van der Waals surface area contributed by atoms with Crippen LogP contribution in [0.1, 0.15) is 56.3 Å². The van der Waals surface area contributed by atoms with E-state index in [4.69, 9.17) is 9.15 Å². The van der Waals surface area contributed by atoms with Gasteiger partial charge in [-0.3, -0.25) is 9.59 Å². The first-order chi connectivity index (χ1) is 13.3. The van der Waals surface area contributed by atoms with E-state index in [2.05, 4.69) is 15.2 Å². The molecule has 0 saturated heterocycles. The molecule has 0 saturated carbocycles. The van der Waals surface area contributed by atoms with E-state index in [0.717, 1.165) is 0 Å². The van der Waals surface area contributed by atoms with Crippen molar-refractivity contribution in [2.45, 2.75) is 33.8 Å². The van der Waals surface area contributed by atoms with Crippen LogP contribution in [-0.2, 0) is 4.74 Å². The third-order valence-corrected chi connectivity index (χ3v) is 4.42. The summed E-state index contributed by atoms with van der Waals surface area (Å²) in [6.45, 7) is 6.36. The van der Waals surface area contributed by atoms with Crippen LogP contribution < -0.4 is 0 Å². The molecule has 1 aromatic carbocycles. The summed E-state index contributed by atoms with van der Waals surface area (Å²) in [5.41, 5.74) is 2.87. The molecule has 0 radical (unpaired) electrons. The van der Waals surface area contributed by atoms with E-state index in [0.29, 0.717) is 28.3 Å². The van der Waals surface area contributed by atoms with Crippen molar-refractivity contribution in [2.24, 2.45) is 0 Å². The largest absolute Gasteiger partial charge is 0.451 e. The van der Waals surface area contributed by atoms with Crippen molar-refractivity contribution in [3.8, 4) is 11.5 Å². The highest BCUT2D eigenvalue weighted by Crippen LogP contribution is 2.21. The molecule has 1 N–H and O–H groups in total. The molecular formula is C20H19N3O5. The number of ether oxygens (including phenoxy) is 1. The minimum Gasteiger partial charge on any atom is -0.451 e. The Balaban J connectivity index is 1.73. The van der Waals surface area contributed by atoms with Gasteiger partial charge in [0.1, 0.15) is 0 Å². The van der Waals surface area contributed by atoms with Gasteiger partial charge in [0.25, 0.3) is 0 Å². The van der Waals surface area contributed by atoms with Gasteiger partial charge in [0.05, 0.1) is 11.3 Å². The quantitative estimate of drug-likeness (QED) is 0.514. The summed E-state index contributed by atoms with van der Waals surface area (Å²) in [7, 11) is 0. The number of hydrogen-bond donors (Lipinski definition) is 1. The van der Waals surface area contributed by atoms with E-state index < -0.39 is 17.9 Å². The molecule has 0 spiro atoms. The summed E-state index contributed by atoms with van der Waals surface area (Å²) < 4.78 is 10.4. The number of nitrogens with one attached hydrogen (secondary N) is 1. The molecule has 28 heavy (non-hydrogen) atoms. The predicted octanol–water partition coefficient (Wildman–Crippen LogP) is 3.31. The van der Waals surface area contributed by atoms with E-state index in [1.165, 1.54) is 20.2 Å². The van der Waals surface area contributed by atoms with Crippen molar-refractivity contribution in [2.75, 3.05) is 0 Å². The van der Waals surface area contributed by atoms with Gasteiger partial charge in [-0.2, -0.15) is 0 Å². The standard InChI is InChI=1S/C20H19N3O5/c1-10-16(12(3)24)11(2)22-17(10)18(25)13(4)28-20(26)15-7-5-14(6-8-15)19-23-21-9-27-19/h5-9,13,22H,1-4H3/t13-/m0/s1. The number of aromatic nitrogens is 3. The van der Waals surface area contributed by atoms with Gasteiger partial charge in [-0.05, 0) is 57.5 Å². The summed E-state index contributed by atoms with van der Waals surface area (Å²) in [4.78, 5) is 39.7. The lowest BCUT2D eigenvalue weighted by atomic mass is 10.0. The van der Waals surface area contributed by atoms with Crippen molar-refractivity contribution in [3.63, 3.8) is 0 Å². The maximum atomic E-state index is 12.7. The van der Waals surface area contributed by atoms with Gasteiger partial charge in [0.15, 0.2) is 11.9 Å². The van der Waals surface area contributed by atoms with Gasteiger partial charge in [-0.15, -0.1) is 10.2 Å². The first-order valence-electron chi connectivity index (χ1n) is 8.61. The molecule has 0 fully saturated rings. The highest BCUT2D eigenvalue weighted by Gasteiger charge is 2.26. The number of Topliss-reactive ketones (excluding diaryl/α,β-unsaturated/α-hetero) is 2. The van der Waals surface area contributed by atoms with E-state index >= 15 is 0 Å². The van der Waals surface area contributed by atoms with E-state index in [-0.39, 0.29) is 17.0 Å². The molecule has 8 nitrogen and oxygen atoms in total. The second-order valence-corrected chi connectivity index (χ2v) is 6.41. The van der Waals surface area contributed by atoms with Crippen molar-refractivity contribution in [3.05, 3.63) is 58.7 Å². The molecular weight excluding hydrogens is 362 g/mol. The molecule has 0 aliphatic heterocycles. The Morgan fingerprint density at radius 3 is 2.36 bits per heavy atom. The number of esters is 1. The Kier molecular flexibility index (Phi) is 5.21. The first kappa shape index (κ1) is 19.2. The van der Waals surface area contributed by atoms with Gasteiger partial charge in [0.2, 0.25) is 18.1 Å². The second kappa shape index (κ2) is 7.59. The molecule has 0 amide bonds. The van der Waals surface area contributed by atoms with Crippen LogP contribution >= 0.6 is 0 Å². The minimum absolute atomic E-state index is 0.128. The number of aryl methyl sites for hydroxylation is 1. The van der Waals surface area contributed by atoms with Gasteiger partial charge >= 0.3 is 5.97 Å². The lowest BCUT2D eigenvalue weighted by molar-refractivity contribution is 0.0317. The molecule has 0 aliphatic rings. The smallest absolute Gasteiger partial charge is 0.338 e. The monoisotopic (exact) mass is 381 g/mol. The summed E-state index contributed by atoms with van der Waals surface area (Å²) >= 11 is 0. The number of carbonyl (C=O) groups excluding carboxylic acids is 3. The predicted molar refractivity (Wildman–Crippen MR) is 99.2 cm³/mol. The molecule has 8 heteroatoms. The number of carbonyl (C=O) groups is 3. The zero-order chi connectivity index (χ0) is 20.4. The molecule has 3 aromatic rings. The van der Waals surface area contributed by atoms with Gasteiger partial charge in [0, 0.05) is 16.8 Å². The Labute approximate surface area is 160 Å². The number of H-pyrrole nitrogens is 1. The van der Waals surface area contributed by atoms with Crippen LogP contribution in [0.15, 0.2) is 35.1 Å². The number of hydrogen-bond acceptors (Lipinski definition) is 7. The third kappa shape index (κ3) is 3.62. The fraction of sp³-hybridized carbons (Fsp3) is 0.250. The maximum Gasteiger partial charge on any atom is 0.338 e. The molecule has 0 bridgehead atoms. The normalized spacial score (nSPS) is 11.9. The van der Waals surface area contributed by atoms with Crippen LogP contribution in [0.2, 0.25) is 0 Å². The Morgan fingerprint density at radius 1 is 1.14 bits per heavy atom. The van der Waals surface area contributed by atoms with Crippen molar-refractivity contribution >= 4 is 17.5 Å². The van der Waals surface area contributed by atoms with Crippen LogP contribution in [-0.4, -0.2) is 38.8 Å². The Hall–Kier alpha value is -3.55. The number of nitrogens with zero attached hydrogens (tertiary/aromatic N) is 2. The number of benzene rings is 1. The fourth-order valence-electron chi connectivity index (χ4n) is 3.06. The highest BCUT2D eigenvalue weighted by molar-refractivity contribution is 6.05. The molecule has 144 valence electrons. The van der Waals surface area contributed by atoms with Gasteiger partial charge in [-0.1, -0.05) is 0 Å². The van der Waals surface area contributed by atoms with Gasteiger partial charge in [-0.25, -0.2) is 4.79 Å². The zero-order valence-electron chi connectivity index (χ0n) is 15.9. The SMILES string of the molecule is CC(=O)c1c(C)[nH]c(C(=O)[C@H](C)OC(=O)c2ccc(-c3nnco3)cc2)c1C. The lowest BCUT2D eigenvalue weighted by Gasteiger charge is -2.12. The molecule has 0 unspecified atom stereocenters.